The van der Waals surface area contributed by atoms with E-state index in [1.165, 1.54) is 6.54 Å². The van der Waals surface area contributed by atoms with Gasteiger partial charge in [-0.3, -0.25) is 9.80 Å². The fraction of sp³-hybridized carbons (Fsp3) is 1.00. The maximum absolute atomic E-state index is 2.37. The van der Waals surface area contributed by atoms with E-state index < -0.39 is 0 Å². The Balaban J connectivity index is 0. The van der Waals surface area contributed by atoms with Gasteiger partial charge >= 0.3 is 0 Å². The van der Waals surface area contributed by atoms with Crippen LogP contribution in [0.25, 0.3) is 0 Å². The summed E-state index contributed by atoms with van der Waals surface area (Å²) in [5.41, 5.74) is 0. The molecule has 106 valence electrons. The van der Waals surface area contributed by atoms with Crippen molar-refractivity contribution in [2.24, 2.45) is 0 Å². The Labute approximate surface area is 109 Å². The van der Waals surface area contributed by atoms with Crippen LogP contribution < -0.4 is 0 Å². The zero-order chi connectivity index (χ0) is 14.1. The highest BCUT2D eigenvalue weighted by molar-refractivity contribution is 4.40. The highest BCUT2D eigenvalue weighted by Gasteiger charge is 2.21. The van der Waals surface area contributed by atoms with Gasteiger partial charge < -0.3 is 9.38 Å². The summed E-state index contributed by atoms with van der Waals surface area (Å²) in [6.45, 7) is 9.01. The van der Waals surface area contributed by atoms with E-state index in [2.05, 4.69) is 51.8 Å². The predicted octanol–water partition coefficient (Wildman–Crippen LogP) is 1.06. The van der Waals surface area contributed by atoms with E-state index in [9.17, 15) is 0 Å². The van der Waals surface area contributed by atoms with Crippen LogP contribution >= 0.6 is 0 Å². The minimum absolute atomic E-state index is 1.09. The lowest BCUT2D eigenvalue weighted by Gasteiger charge is -2.38. The highest BCUT2D eigenvalue weighted by atomic mass is 15.5. The van der Waals surface area contributed by atoms with Gasteiger partial charge in [0.1, 0.15) is 13.3 Å². The Morgan fingerprint density at radius 2 is 1.24 bits per heavy atom. The molecule has 0 rings (SSSR count). The average Bonchev–Trinajstić information content (AvgIpc) is 2.15. The smallest absolute Gasteiger partial charge is 0.135 e. The second-order valence-electron chi connectivity index (χ2n) is 5.81. The Hall–Kier alpha value is -0.160. The third-order valence-corrected chi connectivity index (χ3v) is 2.51. The number of nitrogens with zero attached hydrogens (tertiary/aromatic N) is 4. The lowest BCUT2D eigenvalue weighted by atomic mass is 10.4. The van der Waals surface area contributed by atoms with Crippen LogP contribution in [-0.2, 0) is 0 Å². The summed E-state index contributed by atoms with van der Waals surface area (Å²) in [6.07, 6.45) is 0. The number of quaternary nitrogens is 1. The van der Waals surface area contributed by atoms with Gasteiger partial charge in [-0.05, 0) is 49.2 Å². The standard InChI is InChI=1S/C10H26N3.C3H9N/c1-7-12(5)10-13(6,8-2)9-11(3)4;1-4(2)3/h7-10H2,1-6H3;1-3H3/q+1;. The molecular weight excluding hydrogens is 212 g/mol. The molecule has 17 heavy (non-hydrogen) atoms. The van der Waals surface area contributed by atoms with E-state index >= 15 is 0 Å². The SMILES string of the molecule is CCN(C)C[N+](C)(CC)CN(C)C.CN(C)C. The first-order valence-corrected chi connectivity index (χ1v) is 6.44. The zero-order valence-corrected chi connectivity index (χ0v) is 13.6. The molecule has 0 aliphatic carbocycles. The maximum Gasteiger partial charge on any atom is 0.135 e. The topological polar surface area (TPSA) is 9.72 Å². The lowest BCUT2D eigenvalue weighted by molar-refractivity contribution is -0.925. The van der Waals surface area contributed by atoms with Gasteiger partial charge in [-0.1, -0.05) is 6.92 Å². The van der Waals surface area contributed by atoms with Crippen molar-refractivity contribution in [2.75, 3.05) is 75.8 Å². The van der Waals surface area contributed by atoms with Gasteiger partial charge in [0.2, 0.25) is 0 Å². The van der Waals surface area contributed by atoms with Gasteiger partial charge in [0.25, 0.3) is 0 Å². The number of rotatable bonds is 6. The van der Waals surface area contributed by atoms with Crippen molar-refractivity contribution in [3.63, 3.8) is 0 Å². The van der Waals surface area contributed by atoms with Crippen molar-refractivity contribution in [2.45, 2.75) is 13.8 Å². The van der Waals surface area contributed by atoms with Crippen molar-refractivity contribution >= 4 is 0 Å². The Morgan fingerprint density at radius 1 is 0.824 bits per heavy atom. The summed E-state index contributed by atoms with van der Waals surface area (Å²) in [5, 5.41) is 0. The van der Waals surface area contributed by atoms with Crippen LogP contribution in [0.2, 0.25) is 0 Å². The minimum Gasteiger partial charge on any atom is -0.312 e. The molecule has 0 aromatic rings. The van der Waals surface area contributed by atoms with E-state index in [1.54, 1.807) is 0 Å². The third kappa shape index (κ3) is 13.8. The van der Waals surface area contributed by atoms with Gasteiger partial charge in [0, 0.05) is 6.54 Å². The number of hydrogen-bond acceptors (Lipinski definition) is 3. The zero-order valence-electron chi connectivity index (χ0n) is 13.6. The molecule has 0 saturated heterocycles. The van der Waals surface area contributed by atoms with Crippen LogP contribution in [-0.4, -0.2) is 94.9 Å². The maximum atomic E-state index is 2.37. The molecular formula is C13H35N4+. The summed E-state index contributed by atoms with van der Waals surface area (Å²) in [4.78, 5) is 6.62. The summed E-state index contributed by atoms with van der Waals surface area (Å²) in [6, 6.07) is 0. The number of hydrogen-bond donors (Lipinski definition) is 0. The van der Waals surface area contributed by atoms with Crippen LogP contribution in [0.1, 0.15) is 13.8 Å². The third-order valence-electron chi connectivity index (χ3n) is 2.51. The van der Waals surface area contributed by atoms with Crippen LogP contribution in [0, 0.1) is 0 Å². The fourth-order valence-corrected chi connectivity index (χ4v) is 1.61. The monoisotopic (exact) mass is 247 g/mol. The fourth-order valence-electron chi connectivity index (χ4n) is 1.61. The van der Waals surface area contributed by atoms with Gasteiger partial charge in [-0.25, -0.2) is 0 Å². The second-order valence-corrected chi connectivity index (χ2v) is 5.81. The van der Waals surface area contributed by atoms with E-state index in [0.29, 0.717) is 0 Å². The molecule has 0 saturated carbocycles. The van der Waals surface area contributed by atoms with Crippen molar-refractivity contribution in [3.8, 4) is 0 Å². The molecule has 1 atom stereocenters. The average molecular weight is 247 g/mol. The normalized spacial score (nSPS) is 14.8. The molecule has 0 amide bonds. The lowest BCUT2D eigenvalue weighted by Crippen LogP contribution is -2.54. The molecule has 0 aliphatic heterocycles. The molecule has 0 radical (unpaired) electrons. The molecule has 0 bridgehead atoms. The van der Waals surface area contributed by atoms with Crippen molar-refractivity contribution < 1.29 is 4.48 Å². The molecule has 0 aromatic carbocycles. The molecule has 0 aromatic heterocycles. The second kappa shape index (κ2) is 9.83. The molecule has 0 fully saturated rings. The molecule has 0 spiro atoms. The molecule has 4 nitrogen and oxygen atoms in total. The Kier molecular flexibility index (Phi) is 11.1. The van der Waals surface area contributed by atoms with E-state index in [0.717, 1.165) is 24.4 Å². The highest BCUT2D eigenvalue weighted by Crippen LogP contribution is 2.03. The quantitative estimate of drug-likeness (QED) is 0.513. The summed E-state index contributed by atoms with van der Waals surface area (Å²) in [7, 11) is 14.8. The van der Waals surface area contributed by atoms with Gasteiger partial charge in [0.05, 0.1) is 13.6 Å². The van der Waals surface area contributed by atoms with Crippen LogP contribution in [0.3, 0.4) is 0 Å². The van der Waals surface area contributed by atoms with Crippen LogP contribution in [0.15, 0.2) is 0 Å². The first-order valence-electron chi connectivity index (χ1n) is 6.44. The van der Waals surface area contributed by atoms with Crippen LogP contribution in [0.5, 0.6) is 0 Å². The van der Waals surface area contributed by atoms with Crippen molar-refractivity contribution in [1.82, 2.24) is 14.7 Å². The largest absolute Gasteiger partial charge is 0.312 e. The minimum atomic E-state index is 1.09. The molecule has 4 heteroatoms. The predicted molar refractivity (Wildman–Crippen MR) is 78.1 cm³/mol. The first-order chi connectivity index (χ1) is 7.66. The van der Waals surface area contributed by atoms with Crippen molar-refractivity contribution in [1.29, 1.82) is 0 Å². The summed E-state index contributed by atoms with van der Waals surface area (Å²) < 4.78 is 1.09. The molecule has 0 N–H and O–H groups in total. The van der Waals surface area contributed by atoms with E-state index in [-0.39, 0.29) is 0 Å². The van der Waals surface area contributed by atoms with Gasteiger partial charge in [-0.2, -0.15) is 0 Å². The van der Waals surface area contributed by atoms with Crippen LogP contribution in [0.4, 0.5) is 0 Å². The Bertz CT molecular complexity index is 168. The molecule has 0 heterocycles. The van der Waals surface area contributed by atoms with E-state index in [4.69, 9.17) is 0 Å². The Morgan fingerprint density at radius 3 is 1.47 bits per heavy atom. The summed E-state index contributed by atoms with van der Waals surface area (Å²) in [5.74, 6) is 0. The molecule has 0 aliphatic rings. The molecule has 1 unspecified atom stereocenters. The van der Waals surface area contributed by atoms with Gasteiger partial charge in [-0.15, -0.1) is 0 Å². The first kappa shape index (κ1) is 19.2. The van der Waals surface area contributed by atoms with E-state index in [1.807, 2.05) is 26.0 Å². The summed E-state index contributed by atoms with van der Waals surface area (Å²) >= 11 is 0. The van der Waals surface area contributed by atoms with Crippen molar-refractivity contribution in [3.05, 3.63) is 0 Å². The van der Waals surface area contributed by atoms with Gasteiger partial charge in [0.15, 0.2) is 0 Å².